The molecule has 1 aromatic carbocycles. The molecule has 4 rings (SSSR count). The van der Waals surface area contributed by atoms with Crippen LogP contribution in [-0.4, -0.2) is 51.5 Å². The van der Waals surface area contributed by atoms with Crippen LogP contribution in [0, 0.1) is 0 Å². The first-order valence-corrected chi connectivity index (χ1v) is 10.2. The van der Waals surface area contributed by atoms with Gasteiger partial charge in [-0.05, 0) is 38.2 Å². The van der Waals surface area contributed by atoms with E-state index in [-0.39, 0.29) is 18.5 Å². The number of carbonyl (C=O) groups is 1. The first-order valence-electron chi connectivity index (χ1n) is 9.40. The van der Waals surface area contributed by atoms with Gasteiger partial charge in [0.05, 0.1) is 22.7 Å². The van der Waals surface area contributed by atoms with E-state index in [1.54, 1.807) is 18.7 Å². The number of hydrogen-bond acceptors (Lipinski definition) is 4. The molecule has 1 aliphatic rings. The number of imidazole rings is 1. The van der Waals surface area contributed by atoms with Crippen LogP contribution < -0.4 is 5.32 Å². The summed E-state index contributed by atoms with van der Waals surface area (Å²) in [5.41, 5.74) is 3.19. The molecule has 2 aromatic heterocycles. The Kier molecular flexibility index (Phi) is 5.85. The third-order valence-electron chi connectivity index (χ3n) is 5.05. The Bertz CT molecular complexity index is 1020. The highest BCUT2D eigenvalue weighted by Gasteiger charge is 2.23. The zero-order valence-electron chi connectivity index (χ0n) is 16.0. The molecule has 1 fully saturated rings. The summed E-state index contributed by atoms with van der Waals surface area (Å²) in [5.74, 6) is -0.0446. The van der Waals surface area contributed by atoms with E-state index in [1.807, 2.05) is 34.9 Å². The van der Waals surface area contributed by atoms with Crippen molar-refractivity contribution in [3.63, 3.8) is 0 Å². The van der Waals surface area contributed by atoms with E-state index in [1.165, 1.54) is 0 Å². The van der Waals surface area contributed by atoms with Crippen LogP contribution >= 0.6 is 23.2 Å². The first kappa shape index (κ1) is 19.9. The van der Waals surface area contributed by atoms with E-state index in [0.717, 1.165) is 42.0 Å². The lowest BCUT2D eigenvalue weighted by Gasteiger charge is -2.15. The topological polar surface area (TPSA) is 63.1 Å². The lowest BCUT2D eigenvalue weighted by molar-refractivity contribution is -0.122. The third kappa shape index (κ3) is 4.45. The number of hydrogen-bond donors (Lipinski definition) is 1. The van der Waals surface area contributed by atoms with Gasteiger partial charge in [0, 0.05) is 41.1 Å². The number of likely N-dealkylation sites (tertiary alicyclic amines) is 1. The van der Waals surface area contributed by atoms with Crippen LogP contribution in [0.25, 0.3) is 22.5 Å². The summed E-state index contributed by atoms with van der Waals surface area (Å²) in [4.78, 5) is 23.6. The molecule has 0 aliphatic carbocycles. The number of aromatic nitrogens is 3. The summed E-state index contributed by atoms with van der Waals surface area (Å²) >= 11 is 12.5. The largest absolute Gasteiger partial charge is 0.350 e. The van der Waals surface area contributed by atoms with Crippen LogP contribution in [0.1, 0.15) is 6.42 Å². The van der Waals surface area contributed by atoms with Crippen LogP contribution in [0.5, 0.6) is 0 Å². The Labute approximate surface area is 179 Å². The van der Waals surface area contributed by atoms with Gasteiger partial charge in [0.2, 0.25) is 5.91 Å². The van der Waals surface area contributed by atoms with Crippen molar-refractivity contribution in [1.29, 1.82) is 0 Å². The minimum Gasteiger partial charge on any atom is -0.350 e. The van der Waals surface area contributed by atoms with Crippen LogP contribution in [0.15, 0.2) is 49.1 Å². The Morgan fingerprint density at radius 3 is 2.72 bits per heavy atom. The summed E-state index contributed by atoms with van der Waals surface area (Å²) in [6.45, 7) is 2.03. The molecule has 0 bridgehead atoms. The van der Waals surface area contributed by atoms with Crippen molar-refractivity contribution in [2.75, 3.05) is 20.1 Å². The van der Waals surface area contributed by atoms with E-state index in [4.69, 9.17) is 23.2 Å². The Morgan fingerprint density at radius 2 is 2.03 bits per heavy atom. The number of amides is 1. The fourth-order valence-corrected chi connectivity index (χ4v) is 3.99. The van der Waals surface area contributed by atoms with Crippen molar-refractivity contribution in [1.82, 2.24) is 24.8 Å². The summed E-state index contributed by atoms with van der Waals surface area (Å²) in [5, 5.41) is 4.27. The summed E-state index contributed by atoms with van der Waals surface area (Å²) < 4.78 is 1.83. The maximum Gasteiger partial charge on any atom is 0.240 e. The highest BCUT2D eigenvalue weighted by atomic mass is 35.5. The number of halogens is 2. The monoisotopic (exact) mass is 429 g/mol. The fraction of sp³-hybridized carbons (Fsp3) is 0.286. The van der Waals surface area contributed by atoms with E-state index in [0.29, 0.717) is 10.0 Å². The van der Waals surface area contributed by atoms with E-state index < -0.39 is 0 Å². The molecule has 0 radical (unpaired) electrons. The molecule has 3 aromatic rings. The minimum atomic E-state index is -0.0446. The molecule has 1 N–H and O–H groups in total. The lowest BCUT2D eigenvalue weighted by atomic mass is 10.1. The van der Waals surface area contributed by atoms with Crippen molar-refractivity contribution in [2.45, 2.75) is 19.0 Å². The number of rotatable bonds is 5. The summed E-state index contributed by atoms with van der Waals surface area (Å²) in [6.07, 6.45) is 5.91. The first-order chi connectivity index (χ1) is 14.0. The zero-order chi connectivity index (χ0) is 20.4. The summed E-state index contributed by atoms with van der Waals surface area (Å²) in [6, 6.07) is 9.46. The van der Waals surface area contributed by atoms with Crippen LogP contribution in [0.4, 0.5) is 0 Å². The van der Waals surface area contributed by atoms with Gasteiger partial charge >= 0.3 is 0 Å². The third-order valence-corrected chi connectivity index (χ3v) is 5.61. The average Bonchev–Trinajstić information content (AvgIpc) is 3.29. The molecule has 29 heavy (non-hydrogen) atoms. The highest BCUT2D eigenvalue weighted by Crippen LogP contribution is 2.35. The molecular weight excluding hydrogens is 409 g/mol. The number of carbonyl (C=O) groups excluding carboxylic acids is 1. The van der Waals surface area contributed by atoms with Gasteiger partial charge in [-0.25, -0.2) is 4.98 Å². The molecule has 0 unspecified atom stereocenters. The SMILES string of the molecule is CN1CC[C@@H](NC(=O)Cn2cnc(-c3ccc(Cl)cc3)c2-c2ccncc2Cl)C1. The Balaban J connectivity index is 1.67. The van der Waals surface area contributed by atoms with Gasteiger partial charge in [0.15, 0.2) is 0 Å². The molecule has 1 amide bonds. The van der Waals surface area contributed by atoms with Gasteiger partial charge in [-0.3, -0.25) is 9.78 Å². The summed E-state index contributed by atoms with van der Waals surface area (Å²) in [7, 11) is 2.06. The van der Waals surface area contributed by atoms with Gasteiger partial charge in [0.25, 0.3) is 0 Å². The highest BCUT2D eigenvalue weighted by molar-refractivity contribution is 6.33. The second kappa shape index (κ2) is 8.53. The number of pyridine rings is 1. The average molecular weight is 430 g/mol. The van der Waals surface area contributed by atoms with Gasteiger partial charge in [0.1, 0.15) is 6.54 Å². The van der Waals surface area contributed by atoms with Crippen molar-refractivity contribution in [3.05, 3.63) is 59.1 Å². The van der Waals surface area contributed by atoms with Gasteiger partial charge < -0.3 is 14.8 Å². The Hall–Kier alpha value is -2.41. The lowest BCUT2D eigenvalue weighted by Crippen LogP contribution is -2.38. The second-order valence-corrected chi connectivity index (χ2v) is 8.09. The zero-order valence-corrected chi connectivity index (χ0v) is 17.5. The van der Waals surface area contributed by atoms with Crippen molar-refractivity contribution in [2.24, 2.45) is 0 Å². The van der Waals surface area contributed by atoms with Gasteiger partial charge in [-0.2, -0.15) is 0 Å². The number of benzene rings is 1. The maximum atomic E-state index is 12.7. The molecule has 8 heteroatoms. The van der Waals surface area contributed by atoms with E-state index in [9.17, 15) is 4.79 Å². The molecule has 6 nitrogen and oxygen atoms in total. The van der Waals surface area contributed by atoms with Gasteiger partial charge in [-0.15, -0.1) is 0 Å². The second-order valence-electron chi connectivity index (χ2n) is 7.25. The van der Waals surface area contributed by atoms with Crippen LogP contribution in [0.2, 0.25) is 10.0 Å². The molecule has 1 saturated heterocycles. The molecule has 0 saturated carbocycles. The molecule has 3 heterocycles. The molecule has 0 spiro atoms. The van der Waals surface area contributed by atoms with Gasteiger partial charge in [-0.1, -0.05) is 35.3 Å². The van der Waals surface area contributed by atoms with Crippen LogP contribution in [0.3, 0.4) is 0 Å². The number of likely N-dealkylation sites (N-methyl/N-ethyl adjacent to an activating group) is 1. The van der Waals surface area contributed by atoms with Crippen molar-refractivity contribution < 1.29 is 4.79 Å². The standard InChI is InChI=1S/C21H21Cl2N5O/c1-27-9-7-16(11-27)26-19(29)12-28-13-25-20(14-2-4-15(22)5-3-14)21(28)17-6-8-24-10-18(17)23/h2-6,8,10,13,16H,7,9,11-12H2,1H3,(H,26,29)/t16-/m1/s1. The predicted molar refractivity (Wildman–Crippen MR) is 115 cm³/mol. The molecular formula is C21H21Cl2N5O. The molecule has 150 valence electrons. The quantitative estimate of drug-likeness (QED) is 0.670. The van der Waals surface area contributed by atoms with Crippen molar-refractivity contribution in [3.8, 4) is 22.5 Å². The minimum absolute atomic E-state index is 0.0446. The fourth-order valence-electron chi connectivity index (χ4n) is 3.65. The van der Waals surface area contributed by atoms with Crippen LogP contribution in [-0.2, 0) is 11.3 Å². The van der Waals surface area contributed by atoms with E-state index >= 15 is 0 Å². The normalized spacial score (nSPS) is 16.9. The van der Waals surface area contributed by atoms with E-state index in [2.05, 4.69) is 27.2 Å². The maximum absolute atomic E-state index is 12.7. The molecule has 1 aliphatic heterocycles. The number of nitrogens with zero attached hydrogens (tertiary/aromatic N) is 4. The van der Waals surface area contributed by atoms with Crippen molar-refractivity contribution >= 4 is 29.1 Å². The molecule has 1 atom stereocenters. The Morgan fingerprint density at radius 1 is 1.24 bits per heavy atom. The number of nitrogens with one attached hydrogen (secondary N) is 1. The smallest absolute Gasteiger partial charge is 0.240 e. The predicted octanol–water partition coefficient (Wildman–Crippen LogP) is 3.74.